The first-order chi connectivity index (χ1) is 10.3. The molecule has 1 fully saturated rings. The number of nitrogens with one attached hydrogen (secondary N) is 1. The zero-order valence-corrected chi connectivity index (χ0v) is 13.5. The Morgan fingerprint density at radius 3 is 2.48 bits per heavy atom. The number of likely N-dealkylation sites (tertiary alicyclic amines) is 1. The van der Waals surface area contributed by atoms with Crippen molar-refractivity contribution in [3.8, 4) is 11.4 Å². The summed E-state index contributed by atoms with van der Waals surface area (Å²) in [6, 6.07) is 9.21. The highest BCUT2D eigenvalue weighted by atomic mass is 32.2. The lowest BCUT2D eigenvalue weighted by Crippen LogP contribution is -2.32. The molecule has 1 saturated heterocycles. The van der Waals surface area contributed by atoms with Crippen molar-refractivity contribution < 1.29 is 0 Å². The number of hydrogen-bond donors (Lipinski definition) is 1. The molecular weight excluding hydrogens is 280 g/mol. The van der Waals surface area contributed by atoms with Crippen LogP contribution in [0.5, 0.6) is 0 Å². The number of aromatic amines is 1. The highest BCUT2D eigenvalue weighted by Crippen LogP contribution is 2.26. The number of aromatic nitrogens is 3. The van der Waals surface area contributed by atoms with Gasteiger partial charge >= 0.3 is 0 Å². The molecule has 0 amide bonds. The molecule has 1 aliphatic rings. The number of nitrogens with zero attached hydrogens (tertiary/aromatic N) is 3. The maximum Gasteiger partial charge on any atom is 0.208 e. The van der Waals surface area contributed by atoms with Crippen LogP contribution in [0.1, 0.15) is 37.8 Å². The third-order valence-corrected chi connectivity index (χ3v) is 4.80. The van der Waals surface area contributed by atoms with Gasteiger partial charge in [0, 0.05) is 11.6 Å². The second-order valence-corrected chi connectivity index (χ2v) is 6.34. The standard InChI is InChI=1S/C16H22N4S/c1-12(20-10-4-3-5-11-20)13-6-8-14(9-7-13)15-17-16(21-2)19-18-15/h6-9,12H,3-5,10-11H2,1-2H3,(H,17,18,19)/t12-/m0/s1. The molecule has 1 aromatic heterocycles. The normalized spacial score (nSPS) is 17.8. The summed E-state index contributed by atoms with van der Waals surface area (Å²) >= 11 is 1.55. The number of thioether (sulfide) groups is 1. The van der Waals surface area contributed by atoms with Gasteiger partial charge in [0.2, 0.25) is 5.16 Å². The smallest absolute Gasteiger partial charge is 0.208 e. The molecule has 0 saturated carbocycles. The Hall–Kier alpha value is -1.33. The minimum atomic E-state index is 0.496. The maximum absolute atomic E-state index is 4.45. The molecule has 1 atom stereocenters. The molecule has 3 rings (SSSR count). The molecule has 5 heteroatoms. The Bertz CT molecular complexity index is 572. The second kappa shape index (κ2) is 6.62. The van der Waals surface area contributed by atoms with Crippen molar-refractivity contribution in [2.24, 2.45) is 0 Å². The van der Waals surface area contributed by atoms with Gasteiger partial charge in [0.15, 0.2) is 5.82 Å². The summed E-state index contributed by atoms with van der Waals surface area (Å²) in [6.45, 7) is 4.75. The van der Waals surface area contributed by atoms with E-state index in [0.717, 1.165) is 16.5 Å². The molecule has 0 aliphatic carbocycles. The first-order valence-corrected chi connectivity index (χ1v) is 8.81. The number of rotatable bonds is 4. The van der Waals surface area contributed by atoms with Crippen LogP contribution in [0, 0.1) is 0 Å². The molecular formula is C16H22N4S. The summed E-state index contributed by atoms with van der Waals surface area (Å²) in [5.41, 5.74) is 2.47. The highest BCUT2D eigenvalue weighted by molar-refractivity contribution is 7.98. The quantitative estimate of drug-likeness (QED) is 0.874. The van der Waals surface area contributed by atoms with E-state index in [1.54, 1.807) is 11.8 Å². The van der Waals surface area contributed by atoms with Crippen LogP contribution in [-0.2, 0) is 0 Å². The third kappa shape index (κ3) is 3.30. The van der Waals surface area contributed by atoms with Gasteiger partial charge in [-0.2, -0.15) is 0 Å². The molecule has 4 nitrogen and oxygen atoms in total. The third-order valence-electron chi connectivity index (χ3n) is 4.25. The number of H-pyrrole nitrogens is 1. The van der Waals surface area contributed by atoms with E-state index in [1.165, 1.54) is 37.9 Å². The van der Waals surface area contributed by atoms with Crippen molar-refractivity contribution in [2.45, 2.75) is 37.4 Å². The van der Waals surface area contributed by atoms with E-state index in [0.29, 0.717) is 6.04 Å². The maximum atomic E-state index is 4.45. The molecule has 0 spiro atoms. The van der Waals surface area contributed by atoms with Gasteiger partial charge in [-0.05, 0) is 44.7 Å². The summed E-state index contributed by atoms with van der Waals surface area (Å²) in [5, 5.41) is 7.94. The van der Waals surface area contributed by atoms with Gasteiger partial charge in [0.05, 0.1) is 0 Å². The average Bonchev–Trinajstić information content (AvgIpc) is 3.04. The molecule has 2 heterocycles. The van der Waals surface area contributed by atoms with Crippen LogP contribution in [-0.4, -0.2) is 39.4 Å². The lowest BCUT2D eigenvalue weighted by Gasteiger charge is -2.32. The van der Waals surface area contributed by atoms with Crippen LogP contribution in [0.25, 0.3) is 11.4 Å². The van der Waals surface area contributed by atoms with Crippen molar-refractivity contribution in [3.63, 3.8) is 0 Å². The van der Waals surface area contributed by atoms with E-state index < -0.39 is 0 Å². The van der Waals surface area contributed by atoms with Gasteiger partial charge in [0.1, 0.15) is 0 Å². The van der Waals surface area contributed by atoms with Gasteiger partial charge in [-0.15, -0.1) is 5.10 Å². The van der Waals surface area contributed by atoms with Crippen molar-refractivity contribution in [1.82, 2.24) is 20.1 Å². The Kier molecular flexibility index (Phi) is 4.60. The molecule has 0 radical (unpaired) electrons. The summed E-state index contributed by atoms with van der Waals surface area (Å²) in [5.74, 6) is 0.844. The molecule has 1 aliphatic heterocycles. The lowest BCUT2D eigenvalue weighted by atomic mass is 10.0. The summed E-state index contributed by atoms with van der Waals surface area (Å²) in [6.07, 6.45) is 6.03. The van der Waals surface area contributed by atoms with Crippen LogP contribution in [0.3, 0.4) is 0 Å². The Morgan fingerprint density at radius 2 is 1.86 bits per heavy atom. The van der Waals surface area contributed by atoms with Crippen LogP contribution in [0.15, 0.2) is 29.4 Å². The van der Waals surface area contributed by atoms with E-state index >= 15 is 0 Å². The van der Waals surface area contributed by atoms with E-state index in [1.807, 2.05) is 6.26 Å². The Balaban J connectivity index is 1.73. The van der Waals surface area contributed by atoms with E-state index in [2.05, 4.69) is 51.3 Å². The summed E-state index contributed by atoms with van der Waals surface area (Å²) in [7, 11) is 0. The van der Waals surface area contributed by atoms with Crippen LogP contribution >= 0.6 is 11.8 Å². The lowest BCUT2D eigenvalue weighted by molar-refractivity contribution is 0.175. The fourth-order valence-electron chi connectivity index (χ4n) is 2.90. The van der Waals surface area contributed by atoms with Gasteiger partial charge in [-0.25, -0.2) is 4.98 Å². The molecule has 2 aromatic rings. The van der Waals surface area contributed by atoms with Crippen LogP contribution in [0.4, 0.5) is 0 Å². The summed E-state index contributed by atoms with van der Waals surface area (Å²) < 4.78 is 0. The molecule has 1 N–H and O–H groups in total. The minimum absolute atomic E-state index is 0.496. The molecule has 0 unspecified atom stereocenters. The van der Waals surface area contributed by atoms with Crippen molar-refractivity contribution in [2.75, 3.05) is 19.3 Å². The van der Waals surface area contributed by atoms with E-state index in [4.69, 9.17) is 0 Å². The van der Waals surface area contributed by atoms with Gasteiger partial charge in [0.25, 0.3) is 0 Å². The van der Waals surface area contributed by atoms with Crippen molar-refractivity contribution in [1.29, 1.82) is 0 Å². The zero-order chi connectivity index (χ0) is 14.7. The minimum Gasteiger partial charge on any atom is -0.297 e. The van der Waals surface area contributed by atoms with Crippen LogP contribution in [0.2, 0.25) is 0 Å². The highest BCUT2D eigenvalue weighted by Gasteiger charge is 2.18. The van der Waals surface area contributed by atoms with Gasteiger partial charge < -0.3 is 0 Å². The molecule has 21 heavy (non-hydrogen) atoms. The first kappa shape index (κ1) is 14.6. The topological polar surface area (TPSA) is 44.8 Å². The second-order valence-electron chi connectivity index (χ2n) is 5.57. The Morgan fingerprint density at radius 1 is 1.14 bits per heavy atom. The largest absolute Gasteiger partial charge is 0.297 e. The fraction of sp³-hybridized carbons (Fsp3) is 0.500. The fourth-order valence-corrected chi connectivity index (χ4v) is 3.22. The van der Waals surface area contributed by atoms with Crippen LogP contribution < -0.4 is 0 Å². The zero-order valence-electron chi connectivity index (χ0n) is 12.7. The monoisotopic (exact) mass is 302 g/mol. The number of hydrogen-bond acceptors (Lipinski definition) is 4. The number of benzene rings is 1. The van der Waals surface area contributed by atoms with E-state index in [-0.39, 0.29) is 0 Å². The van der Waals surface area contributed by atoms with E-state index in [9.17, 15) is 0 Å². The summed E-state index contributed by atoms with van der Waals surface area (Å²) in [4.78, 5) is 7.03. The predicted octanol–water partition coefficient (Wildman–Crippen LogP) is 3.74. The first-order valence-electron chi connectivity index (χ1n) is 7.58. The van der Waals surface area contributed by atoms with Crippen molar-refractivity contribution >= 4 is 11.8 Å². The molecule has 112 valence electrons. The number of piperidine rings is 1. The van der Waals surface area contributed by atoms with Gasteiger partial charge in [-0.1, -0.05) is 42.4 Å². The van der Waals surface area contributed by atoms with Crippen molar-refractivity contribution in [3.05, 3.63) is 29.8 Å². The average molecular weight is 302 g/mol. The predicted molar refractivity (Wildman–Crippen MR) is 87.4 cm³/mol. The Labute approximate surface area is 130 Å². The SMILES string of the molecule is CSc1n[nH]c(-c2ccc([C@H](C)N3CCCCC3)cc2)n1. The van der Waals surface area contributed by atoms with Gasteiger partial charge in [-0.3, -0.25) is 10.00 Å². The molecule has 1 aromatic carbocycles. The molecule has 0 bridgehead atoms.